The van der Waals surface area contributed by atoms with Gasteiger partial charge in [0, 0.05) is 6.61 Å². The highest BCUT2D eigenvalue weighted by Gasteiger charge is 2.42. The first kappa shape index (κ1) is 14.6. The predicted octanol–water partition coefficient (Wildman–Crippen LogP) is 1.19. The molecule has 6 heteroatoms. The largest absolute Gasteiger partial charge is 0.375 e. The summed E-state index contributed by atoms with van der Waals surface area (Å²) in [5.74, 6) is 2.42. The minimum atomic E-state index is -2.99. The molecule has 2 fully saturated rings. The van der Waals surface area contributed by atoms with Crippen molar-refractivity contribution in [3.05, 3.63) is 0 Å². The topological polar surface area (TPSA) is 69.4 Å². The van der Waals surface area contributed by atoms with Crippen molar-refractivity contribution in [2.24, 2.45) is 5.73 Å². The van der Waals surface area contributed by atoms with Gasteiger partial charge in [0.2, 0.25) is 0 Å². The van der Waals surface area contributed by atoms with E-state index in [9.17, 15) is 8.42 Å². The average Bonchev–Trinajstić information content (AvgIpc) is 2.37. The van der Waals surface area contributed by atoms with E-state index in [0.29, 0.717) is 32.4 Å². The molecule has 1 atom stereocenters. The molecule has 106 valence electrons. The van der Waals surface area contributed by atoms with Gasteiger partial charge in [-0.15, -0.1) is 0 Å². The van der Waals surface area contributed by atoms with Crippen molar-refractivity contribution in [1.29, 1.82) is 0 Å². The molecule has 2 aliphatic rings. The zero-order valence-corrected chi connectivity index (χ0v) is 12.4. The summed E-state index contributed by atoms with van der Waals surface area (Å²) < 4.78 is 30.4. The Kier molecular flexibility index (Phi) is 4.97. The molecule has 0 amide bonds. The van der Waals surface area contributed by atoms with Crippen molar-refractivity contribution in [2.45, 2.75) is 43.0 Å². The van der Waals surface area contributed by atoms with Gasteiger partial charge in [0.1, 0.15) is 0 Å². The van der Waals surface area contributed by atoms with Crippen LogP contribution in [0.3, 0.4) is 0 Å². The maximum atomic E-state index is 12.3. The molecule has 0 aliphatic carbocycles. The minimum Gasteiger partial charge on any atom is -0.375 e. The van der Waals surface area contributed by atoms with Gasteiger partial charge in [0.05, 0.1) is 16.6 Å². The number of nitrogens with two attached hydrogens (primary N) is 1. The number of ether oxygens (including phenoxy) is 1. The molecule has 2 rings (SSSR count). The van der Waals surface area contributed by atoms with E-state index in [1.807, 2.05) is 11.8 Å². The second-order valence-electron chi connectivity index (χ2n) is 5.27. The third-order valence-corrected chi connectivity index (χ3v) is 7.25. The normalized spacial score (nSPS) is 28.4. The van der Waals surface area contributed by atoms with Crippen LogP contribution in [-0.2, 0) is 14.6 Å². The molecule has 0 aromatic rings. The lowest BCUT2D eigenvalue weighted by Crippen LogP contribution is -2.47. The molecule has 1 spiro atoms. The van der Waals surface area contributed by atoms with Gasteiger partial charge in [-0.25, -0.2) is 8.42 Å². The fraction of sp³-hybridized carbons (Fsp3) is 1.00. The summed E-state index contributed by atoms with van der Waals surface area (Å²) in [6.07, 6.45) is 3.92. The smallest absolute Gasteiger partial charge is 0.153 e. The highest BCUT2D eigenvalue weighted by Crippen LogP contribution is 2.39. The van der Waals surface area contributed by atoms with E-state index in [4.69, 9.17) is 10.5 Å². The van der Waals surface area contributed by atoms with Crippen LogP contribution in [0.5, 0.6) is 0 Å². The summed E-state index contributed by atoms with van der Waals surface area (Å²) >= 11 is 1.94. The summed E-state index contributed by atoms with van der Waals surface area (Å²) in [4.78, 5) is 0. The van der Waals surface area contributed by atoms with E-state index in [1.54, 1.807) is 0 Å². The average molecular weight is 293 g/mol. The Morgan fingerprint density at radius 1 is 1.33 bits per heavy atom. The van der Waals surface area contributed by atoms with Gasteiger partial charge in [-0.05, 0) is 50.2 Å². The van der Waals surface area contributed by atoms with Crippen LogP contribution in [0.25, 0.3) is 0 Å². The molecule has 0 aromatic carbocycles. The van der Waals surface area contributed by atoms with Crippen LogP contribution < -0.4 is 5.73 Å². The van der Waals surface area contributed by atoms with Crippen LogP contribution in [-0.4, -0.2) is 49.7 Å². The highest BCUT2D eigenvalue weighted by atomic mass is 32.2. The zero-order chi connectivity index (χ0) is 13.1. The highest BCUT2D eigenvalue weighted by molar-refractivity contribution is 7.99. The van der Waals surface area contributed by atoms with Gasteiger partial charge in [-0.1, -0.05) is 0 Å². The molecule has 1 unspecified atom stereocenters. The van der Waals surface area contributed by atoms with Crippen molar-refractivity contribution >= 4 is 21.6 Å². The number of hydrogen-bond acceptors (Lipinski definition) is 5. The summed E-state index contributed by atoms with van der Waals surface area (Å²) in [6.45, 7) is 1.04. The number of hydrogen-bond donors (Lipinski definition) is 1. The maximum Gasteiger partial charge on any atom is 0.153 e. The number of thioether (sulfide) groups is 1. The van der Waals surface area contributed by atoms with E-state index in [1.165, 1.54) is 0 Å². The molecule has 0 bridgehead atoms. The van der Waals surface area contributed by atoms with Crippen molar-refractivity contribution in [1.82, 2.24) is 0 Å². The van der Waals surface area contributed by atoms with Gasteiger partial charge in [0.25, 0.3) is 0 Å². The lowest BCUT2D eigenvalue weighted by atomic mass is 9.88. The Bertz CT molecular complexity index is 358. The summed E-state index contributed by atoms with van der Waals surface area (Å²) in [6, 6.07) is 0. The Balaban J connectivity index is 2.01. The van der Waals surface area contributed by atoms with Crippen LogP contribution in [0, 0.1) is 0 Å². The van der Waals surface area contributed by atoms with Crippen molar-refractivity contribution in [3.8, 4) is 0 Å². The zero-order valence-electron chi connectivity index (χ0n) is 10.8. The van der Waals surface area contributed by atoms with Gasteiger partial charge in [-0.2, -0.15) is 11.8 Å². The van der Waals surface area contributed by atoms with Gasteiger partial charge in [-0.3, -0.25) is 0 Å². The van der Waals surface area contributed by atoms with Crippen LogP contribution in [0.1, 0.15) is 32.1 Å². The molecule has 0 radical (unpaired) electrons. The maximum absolute atomic E-state index is 12.3. The van der Waals surface area contributed by atoms with Crippen LogP contribution in [0.2, 0.25) is 0 Å². The molecule has 2 saturated heterocycles. The van der Waals surface area contributed by atoms with E-state index < -0.39 is 9.84 Å². The van der Waals surface area contributed by atoms with E-state index in [2.05, 4.69) is 0 Å². The standard InChI is InChI=1S/C12H23NO3S2/c13-5-1-9-18(14,15)11-2-6-16-12(10-11)3-7-17-8-4-12/h11H,1-10,13H2. The lowest BCUT2D eigenvalue weighted by Gasteiger charge is -2.43. The first-order chi connectivity index (χ1) is 8.58. The summed E-state index contributed by atoms with van der Waals surface area (Å²) in [5, 5.41) is -0.208. The quantitative estimate of drug-likeness (QED) is 0.843. The Hall–Kier alpha value is 0.220. The number of sulfone groups is 1. The fourth-order valence-corrected chi connectivity index (χ4v) is 5.98. The molecular formula is C12H23NO3S2. The SMILES string of the molecule is NCCCS(=O)(=O)C1CCOC2(CCSCC2)C1. The van der Waals surface area contributed by atoms with Crippen molar-refractivity contribution in [3.63, 3.8) is 0 Å². The molecule has 18 heavy (non-hydrogen) atoms. The predicted molar refractivity (Wildman–Crippen MR) is 75.7 cm³/mol. The second kappa shape index (κ2) is 6.11. The van der Waals surface area contributed by atoms with E-state index in [-0.39, 0.29) is 16.6 Å². The first-order valence-electron chi connectivity index (χ1n) is 6.71. The third kappa shape index (κ3) is 3.40. The number of rotatable bonds is 4. The first-order valence-corrected chi connectivity index (χ1v) is 9.58. The van der Waals surface area contributed by atoms with Crippen molar-refractivity contribution in [2.75, 3.05) is 30.4 Å². The lowest BCUT2D eigenvalue weighted by molar-refractivity contribution is -0.0813. The van der Waals surface area contributed by atoms with Gasteiger partial charge < -0.3 is 10.5 Å². The molecule has 0 saturated carbocycles. The van der Waals surface area contributed by atoms with Gasteiger partial charge in [0.15, 0.2) is 9.84 Å². The molecule has 4 nitrogen and oxygen atoms in total. The van der Waals surface area contributed by atoms with Gasteiger partial charge >= 0.3 is 0 Å². The molecular weight excluding hydrogens is 270 g/mol. The second-order valence-corrected chi connectivity index (χ2v) is 8.89. The molecule has 0 aromatic heterocycles. The Morgan fingerprint density at radius 2 is 2.06 bits per heavy atom. The van der Waals surface area contributed by atoms with E-state index >= 15 is 0 Å². The van der Waals surface area contributed by atoms with Crippen LogP contribution in [0.15, 0.2) is 0 Å². The van der Waals surface area contributed by atoms with E-state index in [0.717, 1.165) is 24.3 Å². The summed E-state index contributed by atoms with van der Waals surface area (Å²) in [5.41, 5.74) is 5.26. The van der Waals surface area contributed by atoms with Crippen LogP contribution in [0.4, 0.5) is 0 Å². The molecule has 2 aliphatic heterocycles. The minimum absolute atomic E-state index is 0.149. The molecule has 2 heterocycles. The van der Waals surface area contributed by atoms with Crippen LogP contribution >= 0.6 is 11.8 Å². The monoisotopic (exact) mass is 293 g/mol. The Labute approximate surface area is 114 Å². The van der Waals surface area contributed by atoms with Crippen molar-refractivity contribution < 1.29 is 13.2 Å². The Morgan fingerprint density at radius 3 is 2.72 bits per heavy atom. The molecule has 2 N–H and O–H groups in total. The summed E-state index contributed by atoms with van der Waals surface area (Å²) in [7, 11) is -2.99. The fourth-order valence-electron chi connectivity index (χ4n) is 2.83. The third-order valence-electron chi connectivity index (χ3n) is 3.99.